The lowest BCUT2D eigenvalue weighted by Crippen LogP contribution is -2.26. The molecule has 0 radical (unpaired) electrons. The molecule has 1 aromatic carbocycles. The van der Waals surface area contributed by atoms with Gasteiger partial charge in [-0.05, 0) is 43.5 Å². The van der Waals surface area contributed by atoms with Gasteiger partial charge in [0, 0.05) is 5.02 Å². The van der Waals surface area contributed by atoms with Crippen LogP contribution in [0.1, 0.15) is 24.5 Å². The van der Waals surface area contributed by atoms with Crippen molar-refractivity contribution in [1.29, 1.82) is 0 Å². The van der Waals surface area contributed by atoms with Crippen molar-refractivity contribution in [3.05, 3.63) is 28.3 Å². The van der Waals surface area contributed by atoms with Crippen LogP contribution in [0.3, 0.4) is 0 Å². The molecule has 1 aromatic rings. The molecular formula is C12H15ClO3. The quantitative estimate of drug-likeness (QED) is 0.882. The van der Waals surface area contributed by atoms with Crippen molar-refractivity contribution < 1.29 is 14.6 Å². The SMILES string of the molecule is CC[C@H](Oc1c(C)cc(Cl)cc1C)C(=O)O. The summed E-state index contributed by atoms with van der Waals surface area (Å²) < 4.78 is 5.48. The molecule has 1 N–H and O–H groups in total. The highest BCUT2D eigenvalue weighted by Gasteiger charge is 2.18. The van der Waals surface area contributed by atoms with Crippen LogP contribution < -0.4 is 4.74 Å². The molecule has 0 aliphatic carbocycles. The highest BCUT2D eigenvalue weighted by atomic mass is 35.5. The third-order valence-electron chi connectivity index (χ3n) is 2.33. The molecule has 0 spiro atoms. The van der Waals surface area contributed by atoms with Gasteiger partial charge in [0.15, 0.2) is 6.10 Å². The molecule has 88 valence electrons. The average molecular weight is 243 g/mol. The molecule has 0 aromatic heterocycles. The molecule has 0 fully saturated rings. The minimum Gasteiger partial charge on any atom is -0.479 e. The predicted octanol–water partition coefficient (Wildman–Crippen LogP) is 3.20. The summed E-state index contributed by atoms with van der Waals surface area (Å²) in [4.78, 5) is 10.9. The summed E-state index contributed by atoms with van der Waals surface area (Å²) in [7, 11) is 0. The monoisotopic (exact) mass is 242 g/mol. The largest absolute Gasteiger partial charge is 0.479 e. The van der Waals surface area contributed by atoms with E-state index in [4.69, 9.17) is 21.4 Å². The van der Waals surface area contributed by atoms with E-state index in [0.29, 0.717) is 17.2 Å². The topological polar surface area (TPSA) is 46.5 Å². The third-order valence-corrected chi connectivity index (χ3v) is 2.55. The molecule has 0 saturated carbocycles. The summed E-state index contributed by atoms with van der Waals surface area (Å²) in [6, 6.07) is 3.52. The molecule has 0 unspecified atom stereocenters. The second kappa shape index (κ2) is 5.21. The Morgan fingerprint density at radius 2 is 1.94 bits per heavy atom. The first-order chi connectivity index (χ1) is 7.45. The van der Waals surface area contributed by atoms with Crippen LogP contribution in [0.4, 0.5) is 0 Å². The van der Waals surface area contributed by atoms with Gasteiger partial charge in [-0.15, -0.1) is 0 Å². The molecule has 3 nitrogen and oxygen atoms in total. The maximum absolute atomic E-state index is 10.9. The molecule has 0 saturated heterocycles. The first-order valence-electron chi connectivity index (χ1n) is 5.12. The van der Waals surface area contributed by atoms with Crippen LogP contribution in [0.2, 0.25) is 5.02 Å². The normalized spacial score (nSPS) is 12.2. The van der Waals surface area contributed by atoms with Crippen molar-refractivity contribution >= 4 is 17.6 Å². The van der Waals surface area contributed by atoms with Crippen LogP contribution in [0.15, 0.2) is 12.1 Å². The molecule has 16 heavy (non-hydrogen) atoms. The lowest BCUT2D eigenvalue weighted by atomic mass is 10.1. The number of hydrogen-bond acceptors (Lipinski definition) is 2. The zero-order valence-corrected chi connectivity index (χ0v) is 10.3. The first kappa shape index (κ1) is 12.8. The summed E-state index contributed by atoms with van der Waals surface area (Å²) >= 11 is 5.88. The van der Waals surface area contributed by atoms with Crippen molar-refractivity contribution in [3.8, 4) is 5.75 Å². The summed E-state index contributed by atoms with van der Waals surface area (Å²) in [5.41, 5.74) is 1.70. The molecule has 1 atom stereocenters. The summed E-state index contributed by atoms with van der Waals surface area (Å²) in [5.74, 6) is -0.338. The van der Waals surface area contributed by atoms with Crippen molar-refractivity contribution in [2.24, 2.45) is 0 Å². The zero-order chi connectivity index (χ0) is 12.3. The summed E-state index contributed by atoms with van der Waals surface area (Å²) in [6.07, 6.45) is -0.379. The Labute approximate surface area is 100.0 Å². The van der Waals surface area contributed by atoms with Gasteiger partial charge in [-0.1, -0.05) is 18.5 Å². The summed E-state index contributed by atoms with van der Waals surface area (Å²) in [6.45, 7) is 5.48. The minimum absolute atomic E-state index is 0.427. The minimum atomic E-state index is -0.948. The van der Waals surface area contributed by atoms with Crippen LogP contribution in [0, 0.1) is 13.8 Å². The average Bonchev–Trinajstić information content (AvgIpc) is 2.15. The molecule has 0 aliphatic heterocycles. The van der Waals surface area contributed by atoms with Crippen LogP contribution in [0.25, 0.3) is 0 Å². The second-order valence-corrected chi connectivity index (χ2v) is 4.16. The fourth-order valence-corrected chi connectivity index (χ4v) is 1.86. The van der Waals surface area contributed by atoms with E-state index in [1.165, 1.54) is 0 Å². The van der Waals surface area contributed by atoms with Gasteiger partial charge in [0.2, 0.25) is 0 Å². The number of halogens is 1. The Kier molecular flexibility index (Phi) is 4.19. The van der Waals surface area contributed by atoms with Gasteiger partial charge < -0.3 is 9.84 Å². The Morgan fingerprint density at radius 1 is 1.44 bits per heavy atom. The Hall–Kier alpha value is -1.22. The number of rotatable bonds is 4. The van der Waals surface area contributed by atoms with Crippen LogP contribution in [0.5, 0.6) is 5.75 Å². The molecular weight excluding hydrogens is 228 g/mol. The van der Waals surface area contributed by atoms with E-state index in [1.54, 1.807) is 19.1 Å². The highest BCUT2D eigenvalue weighted by molar-refractivity contribution is 6.30. The number of carboxylic acid groups (broad SMARTS) is 1. The molecule has 1 rings (SSSR count). The van der Waals surface area contributed by atoms with Crippen molar-refractivity contribution in [2.45, 2.75) is 33.3 Å². The van der Waals surface area contributed by atoms with E-state index in [9.17, 15) is 4.79 Å². The molecule has 4 heteroatoms. The molecule has 0 heterocycles. The molecule has 0 aliphatic rings. The van der Waals surface area contributed by atoms with Gasteiger partial charge in [-0.3, -0.25) is 0 Å². The van der Waals surface area contributed by atoms with Crippen molar-refractivity contribution in [2.75, 3.05) is 0 Å². The van der Waals surface area contributed by atoms with Crippen LogP contribution in [-0.4, -0.2) is 17.2 Å². The molecule has 0 amide bonds. The van der Waals surface area contributed by atoms with Gasteiger partial charge in [0.1, 0.15) is 5.75 Å². The van der Waals surface area contributed by atoms with E-state index < -0.39 is 12.1 Å². The van der Waals surface area contributed by atoms with E-state index >= 15 is 0 Å². The number of ether oxygens (including phenoxy) is 1. The second-order valence-electron chi connectivity index (χ2n) is 3.72. The number of hydrogen-bond donors (Lipinski definition) is 1. The van der Waals surface area contributed by atoms with Crippen LogP contribution >= 0.6 is 11.6 Å². The molecule has 0 bridgehead atoms. The van der Waals surface area contributed by atoms with Crippen LogP contribution in [-0.2, 0) is 4.79 Å². The van der Waals surface area contributed by atoms with Gasteiger partial charge >= 0.3 is 5.97 Å². The standard InChI is InChI=1S/C12H15ClO3/c1-4-10(12(14)15)16-11-7(2)5-9(13)6-8(11)3/h5-6,10H,4H2,1-3H3,(H,14,15)/t10-/m0/s1. The number of carboxylic acids is 1. The van der Waals surface area contributed by atoms with E-state index in [-0.39, 0.29) is 0 Å². The van der Waals surface area contributed by atoms with Gasteiger partial charge in [0.05, 0.1) is 0 Å². The number of carbonyl (C=O) groups is 1. The van der Waals surface area contributed by atoms with Crippen molar-refractivity contribution in [3.63, 3.8) is 0 Å². The number of aryl methyl sites for hydroxylation is 2. The summed E-state index contributed by atoms with van der Waals surface area (Å²) in [5, 5.41) is 9.55. The zero-order valence-electron chi connectivity index (χ0n) is 9.58. The van der Waals surface area contributed by atoms with E-state index in [0.717, 1.165) is 11.1 Å². The van der Waals surface area contributed by atoms with Crippen molar-refractivity contribution in [1.82, 2.24) is 0 Å². The lowest BCUT2D eigenvalue weighted by molar-refractivity contribution is -0.145. The maximum atomic E-state index is 10.9. The lowest BCUT2D eigenvalue weighted by Gasteiger charge is -2.17. The Morgan fingerprint density at radius 3 is 2.31 bits per heavy atom. The van der Waals surface area contributed by atoms with Gasteiger partial charge in [-0.25, -0.2) is 4.79 Å². The van der Waals surface area contributed by atoms with E-state index in [1.807, 2.05) is 13.8 Å². The fraction of sp³-hybridized carbons (Fsp3) is 0.417. The predicted molar refractivity (Wildman–Crippen MR) is 63.3 cm³/mol. The van der Waals surface area contributed by atoms with Gasteiger partial charge in [-0.2, -0.15) is 0 Å². The van der Waals surface area contributed by atoms with Gasteiger partial charge in [0.25, 0.3) is 0 Å². The maximum Gasteiger partial charge on any atom is 0.344 e. The van der Waals surface area contributed by atoms with E-state index in [2.05, 4.69) is 0 Å². The number of benzene rings is 1. The Balaban J connectivity index is 3.01. The third kappa shape index (κ3) is 2.89. The first-order valence-corrected chi connectivity index (χ1v) is 5.49. The smallest absolute Gasteiger partial charge is 0.344 e. The Bertz CT molecular complexity index is 378. The number of aliphatic carboxylic acids is 1. The fourth-order valence-electron chi connectivity index (χ4n) is 1.53. The highest BCUT2D eigenvalue weighted by Crippen LogP contribution is 2.28.